The first-order valence-corrected chi connectivity index (χ1v) is 9.70. The van der Waals surface area contributed by atoms with Gasteiger partial charge in [-0.15, -0.1) is 0 Å². The highest BCUT2D eigenvalue weighted by molar-refractivity contribution is 6.27. The summed E-state index contributed by atoms with van der Waals surface area (Å²) in [6.45, 7) is -0.408. The summed E-state index contributed by atoms with van der Waals surface area (Å²) in [4.78, 5) is 37.6. The van der Waals surface area contributed by atoms with Crippen molar-refractivity contribution in [1.82, 2.24) is 9.88 Å². The summed E-state index contributed by atoms with van der Waals surface area (Å²) in [6, 6.07) is 9.30. The van der Waals surface area contributed by atoms with Crippen molar-refractivity contribution in [3.63, 3.8) is 0 Å². The molecule has 30 heavy (non-hydrogen) atoms. The monoisotopic (exact) mass is 412 g/mol. The molecule has 7 nitrogen and oxygen atoms in total. The molecule has 1 aromatic carbocycles. The molecule has 0 atom stereocenters. The molecule has 0 saturated heterocycles. The number of nitrogens with one attached hydrogen (secondary N) is 1. The van der Waals surface area contributed by atoms with E-state index in [9.17, 15) is 23.9 Å². The van der Waals surface area contributed by atoms with Gasteiger partial charge in [-0.1, -0.05) is 12.8 Å². The summed E-state index contributed by atoms with van der Waals surface area (Å²) in [7, 11) is 1.19. The van der Waals surface area contributed by atoms with Crippen LogP contribution in [-0.4, -0.2) is 41.0 Å². The molecular weight excluding hydrogens is 391 g/mol. The Morgan fingerprint density at radius 1 is 1.13 bits per heavy atom. The van der Waals surface area contributed by atoms with Crippen molar-refractivity contribution in [2.75, 3.05) is 13.7 Å². The van der Waals surface area contributed by atoms with Crippen molar-refractivity contribution in [1.29, 1.82) is 0 Å². The summed E-state index contributed by atoms with van der Waals surface area (Å²) < 4.78 is 19.7. The number of nitrogens with zero attached hydrogens (tertiary/aromatic N) is 1. The molecule has 1 aromatic heterocycles. The molecule has 2 aliphatic rings. The van der Waals surface area contributed by atoms with Crippen LogP contribution in [0.2, 0.25) is 0 Å². The lowest BCUT2D eigenvalue weighted by Crippen LogP contribution is -2.48. The van der Waals surface area contributed by atoms with Crippen molar-refractivity contribution < 1.29 is 28.6 Å². The minimum atomic E-state index is -1.01. The number of hydrogen-bond donors (Lipinski definition) is 2. The zero-order chi connectivity index (χ0) is 21.5. The summed E-state index contributed by atoms with van der Waals surface area (Å²) in [5.41, 5.74) is 0.359. The molecule has 156 valence electrons. The van der Waals surface area contributed by atoms with Crippen LogP contribution < -0.4 is 5.32 Å². The molecule has 2 N–H and O–H groups in total. The molecule has 1 aliphatic carbocycles. The lowest BCUT2D eigenvalue weighted by molar-refractivity contribution is -0.141. The number of carbonyl (C=O) groups excluding carboxylic acids is 3. The van der Waals surface area contributed by atoms with Gasteiger partial charge >= 0.3 is 5.97 Å². The average molecular weight is 412 g/mol. The first-order valence-electron chi connectivity index (χ1n) is 9.70. The summed E-state index contributed by atoms with van der Waals surface area (Å²) in [6.07, 6.45) is 2.62. The van der Waals surface area contributed by atoms with Gasteiger partial charge in [0.15, 0.2) is 11.5 Å². The first kappa shape index (κ1) is 19.9. The van der Waals surface area contributed by atoms with E-state index in [1.807, 2.05) is 0 Å². The zero-order valence-electron chi connectivity index (χ0n) is 16.4. The minimum Gasteiger partial charge on any atom is -0.505 e. The minimum absolute atomic E-state index is 0.346. The second-order valence-corrected chi connectivity index (χ2v) is 7.50. The van der Waals surface area contributed by atoms with E-state index in [-0.39, 0.29) is 11.4 Å². The van der Waals surface area contributed by atoms with Crippen LogP contribution in [0, 0.1) is 5.82 Å². The predicted molar refractivity (Wildman–Crippen MR) is 106 cm³/mol. The number of esters is 1. The number of ketones is 1. The maximum absolute atomic E-state index is 13.5. The Balaban J connectivity index is 1.84. The molecular formula is C22H21FN2O5. The average Bonchev–Trinajstić information content (AvgIpc) is 3.40. The molecule has 2 heterocycles. The Kier molecular flexibility index (Phi) is 4.93. The van der Waals surface area contributed by atoms with Gasteiger partial charge in [0, 0.05) is 5.69 Å². The third-order valence-corrected chi connectivity index (χ3v) is 5.86. The number of ether oxygens (including phenoxy) is 1. The first-order chi connectivity index (χ1) is 14.4. The van der Waals surface area contributed by atoms with Crippen molar-refractivity contribution >= 4 is 23.4 Å². The summed E-state index contributed by atoms with van der Waals surface area (Å²) >= 11 is 0. The van der Waals surface area contributed by atoms with Crippen molar-refractivity contribution in [2.24, 2.45) is 0 Å². The van der Waals surface area contributed by atoms with Crippen LogP contribution in [0.4, 0.5) is 4.39 Å². The number of benzene rings is 1. The SMILES string of the molecule is COC(=O)CNC(=O)C1=C(O)c2ccc(-c3ccc(F)cc3)n2C2(CCCC2)C1=O. The Hall–Kier alpha value is -3.42. The number of methoxy groups -OCH3 is 1. The van der Waals surface area contributed by atoms with E-state index in [0.29, 0.717) is 29.8 Å². The number of aromatic nitrogens is 1. The van der Waals surface area contributed by atoms with Crippen molar-refractivity contribution in [2.45, 2.75) is 31.2 Å². The summed E-state index contributed by atoms with van der Waals surface area (Å²) in [5, 5.41) is 13.2. The maximum atomic E-state index is 13.5. The number of aliphatic hydroxyl groups excluding tert-OH is 1. The second kappa shape index (κ2) is 7.44. The molecule has 4 rings (SSSR count). The van der Waals surface area contributed by atoms with Gasteiger partial charge in [-0.05, 0) is 54.8 Å². The van der Waals surface area contributed by atoms with Crippen molar-refractivity contribution in [3.8, 4) is 11.3 Å². The Morgan fingerprint density at radius 2 is 1.77 bits per heavy atom. The highest BCUT2D eigenvalue weighted by atomic mass is 19.1. The van der Waals surface area contributed by atoms with E-state index in [2.05, 4.69) is 10.1 Å². The number of amides is 1. The molecule has 1 aliphatic heterocycles. The van der Waals surface area contributed by atoms with E-state index in [1.54, 1.807) is 28.8 Å². The molecule has 1 saturated carbocycles. The van der Waals surface area contributed by atoms with Crippen LogP contribution in [0.3, 0.4) is 0 Å². The van der Waals surface area contributed by atoms with Crippen molar-refractivity contribution in [3.05, 3.63) is 53.5 Å². The van der Waals surface area contributed by atoms with E-state index < -0.39 is 35.5 Å². The lowest BCUT2D eigenvalue weighted by atomic mass is 9.82. The van der Waals surface area contributed by atoms with Crippen LogP contribution in [0.25, 0.3) is 17.0 Å². The third-order valence-electron chi connectivity index (χ3n) is 5.86. The number of aliphatic hydroxyl groups is 1. The van der Waals surface area contributed by atoms with E-state index in [1.165, 1.54) is 19.2 Å². The topological polar surface area (TPSA) is 97.6 Å². The van der Waals surface area contributed by atoms with Gasteiger partial charge in [0.1, 0.15) is 23.5 Å². The highest BCUT2D eigenvalue weighted by Crippen LogP contribution is 2.47. The molecule has 8 heteroatoms. The van der Waals surface area contributed by atoms with Crippen LogP contribution in [0.5, 0.6) is 0 Å². The molecule has 2 aromatic rings. The highest BCUT2D eigenvalue weighted by Gasteiger charge is 2.51. The second-order valence-electron chi connectivity index (χ2n) is 7.50. The zero-order valence-corrected chi connectivity index (χ0v) is 16.4. The standard InChI is InChI=1S/C22H21FN2O5/c1-30-17(26)12-24-21(29)18-19(27)16-9-8-15(13-4-6-14(23)7-5-13)25(16)22(20(18)28)10-2-3-11-22/h4-9,27H,2-3,10-12H2,1H3,(H,24,29). The van der Waals surface area contributed by atoms with Gasteiger partial charge in [0.2, 0.25) is 0 Å². The summed E-state index contributed by atoms with van der Waals surface area (Å²) in [5.74, 6) is -2.77. The fourth-order valence-electron chi connectivity index (χ4n) is 4.43. The smallest absolute Gasteiger partial charge is 0.325 e. The van der Waals surface area contributed by atoms with Crippen LogP contribution in [-0.2, 0) is 24.7 Å². The van der Waals surface area contributed by atoms with Crippen LogP contribution in [0.15, 0.2) is 42.0 Å². The number of rotatable bonds is 4. The largest absolute Gasteiger partial charge is 0.505 e. The Labute approximate surface area is 172 Å². The Morgan fingerprint density at radius 3 is 2.40 bits per heavy atom. The molecule has 0 bridgehead atoms. The number of carbonyl (C=O) groups is 3. The van der Waals surface area contributed by atoms with Gasteiger partial charge in [-0.2, -0.15) is 0 Å². The molecule has 0 radical (unpaired) electrons. The van der Waals surface area contributed by atoms with Gasteiger partial charge in [0.05, 0.1) is 12.8 Å². The fourth-order valence-corrected chi connectivity index (χ4v) is 4.43. The fraction of sp³-hybridized carbons (Fsp3) is 0.318. The van der Waals surface area contributed by atoms with Gasteiger partial charge < -0.3 is 19.7 Å². The van der Waals surface area contributed by atoms with Gasteiger partial charge in [-0.3, -0.25) is 14.4 Å². The number of halogens is 1. The molecule has 1 spiro atoms. The third kappa shape index (κ3) is 2.99. The number of fused-ring (bicyclic) bond motifs is 2. The Bertz CT molecular complexity index is 1060. The van der Waals surface area contributed by atoms with Crippen LogP contribution >= 0.6 is 0 Å². The van der Waals surface area contributed by atoms with Gasteiger partial charge in [0.25, 0.3) is 5.91 Å². The molecule has 0 unspecified atom stereocenters. The quantitative estimate of drug-likeness (QED) is 0.595. The van der Waals surface area contributed by atoms with E-state index >= 15 is 0 Å². The number of hydrogen-bond acceptors (Lipinski definition) is 5. The molecule has 1 amide bonds. The molecule has 1 fully saturated rings. The lowest BCUT2D eigenvalue weighted by Gasteiger charge is -2.37. The normalized spacial score (nSPS) is 17.2. The van der Waals surface area contributed by atoms with Crippen LogP contribution in [0.1, 0.15) is 31.4 Å². The maximum Gasteiger partial charge on any atom is 0.325 e. The van der Waals surface area contributed by atoms with E-state index in [4.69, 9.17) is 0 Å². The number of Topliss-reactive ketones (excluding diaryl/α,β-unsaturated/α-hetero) is 1. The van der Waals surface area contributed by atoms with E-state index in [0.717, 1.165) is 12.8 Å². The van der Waals surface area contributed by atoms with Gasteiger partial charge in [-0.25, -0.2) is 4.39 Å². The predicted octanol–water partition coefficient (Wildman–Crippen LogP) is 2.70.